The second-order valence-electron chi connectivity index (χ2n) is 4.51. The van der Waals surface area contributed by atoms with Crippen LogP contribution in [0.15, 0.2) is 30.3 Å². The third-order valence-corrected chi connectivity index (χ3v) is 3.00. The number of amides is 2. The number of likely N-dealkylation sites (N-methyl/N-ethyl adjacent to an activating group) is 1. The second-order valence-corrected chi connectivity index (χ2v) is 4.51. The van der Waals surface area contributed by atoms with Crippen molar-refractivity contribution >= 4 is 17.7 Å². The van der Waals surface area contributed by atoms with Gasteiger partial charge in [-0.1, -0.05) is 24.1 Å². The first-order valence-electron chi connectivity index (χ1n) is 6.33. The van der Waals surface area contributed by atoms with Gasteiger partial charge in [-0.05, 0) is 25.0 Å². The molecule has 1 aliphatic heterocycles. The lowest BCUT2D eigenvalue weighted by atomic mass is 10.2. The summed E-state index contributed by atoms with van der Waals surface area (Å²) in [5, 5.41) is 0. The standard InChI is InChI=1S/C15H16N2O3/c1-3-7-14(18)16(2)10-13-11-17(15(19)20-13)12-8-5-4-6-9-12/h4-6,8-9,13H,10-11H2,1-2H3. The fourth-order valence-electron chi connectivity index (χ4n) is 2.03. The summed E-state index contributed by atoms with van der Waals surface area (Å²) in [6, 6.07) is 9.31. The molecule has 1 saturated heterocycles. The molecule has 0 aromatic heterocycles. The van der Waals surface area contributed by atoms with Crippen LogP contribution in [0.1, 0.15) is 6.92 Å². The molecule has 0 N–H and O–H groups in total. The van der Waals surface area contributed by atoms with E-state index in [4.69, 9.17) is 4.74 Å². The summed E-state index contributed by atoms with van der Waals surface area (Å²) in [4.78, 5) is 26.4. The van der Waals surface area contributed by atoms with Gasteiger partial charge in [-0.25, -0.2) is 4.79 Å². The van der Waals surface area contributed by atoms with Gasteiger partial charge in [0.2, 0.25) is 0 Å². The van der Waals surface area contributed by atoms with Gasteiger partial charge in [-0.15, -0.1) is 0 Å². The zero-order valence-corrected chi connectivity index (χ0v) is 11.5. The quantitative estimate of drug-likeness (QED) is 0.783. The monoisotopic (exact) mass is 272 g/mol. The van der Waals surface area contributed by atoms with E-state index in [1.54, 1.807) is 18.9 Å². The first kappa shape index (κ1) is 13.9. The molecule has 0 bridgehead atoms. The zero-order chi connectivity index (χ0) is 14.5. The van der Waals surface area contributed by atoms with Crippen LogP contribution in [-0.4, -0.2) is 43.1 Å². The summed E-state index contributed by atoms with van der Waals surface area (Å²) in [5.74, 6) is 4.74. The third-order valence-electron chi connectivity index (χ3n) is 3.00. The molecule has 1 fully saturated rings. The Bertz CT molecular complexity index is 559. The van der Waals surface area contributed by atoms with Gasteiger partial charge in [0, 0.05) is 12.7 Å². The van der Waals surface area contributed by atoms with Gasteiger partial charge in [-0.2, -0.15) is 0 Å². The molecular weight excluding hydrogens is 256 g/mol. The number of carbonyl (C=O) groups is 2. The zero-order valence-electron chi connectivity index (χ0n) is 11.5. The van der Waals surface area contributed by atoms with Gasteiger partial charge in [-0.3, -0.25) is 9.69 Å². The van der Waals surface area contributed by atoms with Crippen molar-refractivity contribution in [1.29, 1.82) is 0 Å². The van der Waals surface area contributed by atoms with E-state index in [0.29, 0.717) is 13.1 Å². The van der Waals surface area contributed by atoms with Crippen LogP contribution in [0, 0.1) is 11.8 Å². The molecule has 104 valence electrons. The number of anilines is 1. The number of hydrogen-bond acceptors (Lipinski definition) is 3. The van der Waals surface area contributed by atoms with Crippen LogP contribution in [0.25, 0.3) is 0 Å². The molecule has 1 aliphatic rings. The lowest BCUT2D eigenvalue weighted by Gasteiger charge is -2.17. The number of benzene rings is 1. The van der Waals surface area contributed by atoms with E-state index in [9.17, 15) is 9.59 Å². The van der Waals surface area contributed by atoms with E-state index in [1.807, 2.05) is 30.3 Å². The van der Waals surface area contributed by atoms with Gasteiger partial charge in [0.1, 0.15) is 6.10 Å². The molecule has 2 rings (SSSR count). The summed E-state index contributed by atoms with van der Waals surface area (Å²) in [6.45, 7) is 2.38. The number of rotatable bonds is 3. The Balaban J connectivity index is 1.99. The molecular formula is C15H16N2O3. The smallest absolute Gasteiger partial charge is 0.414 e. The van der Waals surface area contributed by atoms with Gasteiger partial charge in [0.15, 0.2) is 0 Å². The fourth-order valence-corrected chi connectivity index (χ4v) is 2.03. The molecule has 1 unspecified atom stereocenters. The minimum atomic E-state index is -0.386. The number of ether oxygens (including phenoxy) is 1. The normalized spacial score (nSPS) is 17.2. The van der Waals surface area contributed by atoms with Crippen LogP contribution in [0.5, 0.6) is 0 Å². The van der Waals surface area contributed by atoms with Crippen LogP contribution in [-0.2, 0) is 9.53 Å². The van der Waals surface area contributed by atoms with Gasteiger partial charge in [0.05, 0.1) is 13.1 Å². The first-order valence-corrected chi connectivity index (χ1v) is 6.33. The Labute approximate surface area is 118 Å². The maximum atomic E-state index is 11.8. The molecule has 1 atom stereocenters. The topological polar surface area (TPSA) is 49.9 Å². The highest BCUT2D eigenvalue weighted by molar-refractivity contribution is 5.93. The Hall–Kier alpha value is -2.48. The highest BCUT2D eigenvalue weighted by Gasteiger charge is 2.33. The average Bonchev–Trinajstić information content (AvgIpc) is 2.80. The summed E-state index contributed by atoms with van der Waals surface area (Å²) in [5.41, 5.74) is 0.794. The fraction of sp³-hybridized carbons (Fsp3) is 0.333. The molecule has 0 saturated carbocycles. The van der Waals surface area contributed by atoms with E-state index in [-0.39, 0.29) is 18.1 Å². The first-order chi connectivity index (χ1) is 9.61. The number of para-hydroxylation sites is 1. The van der Waals surface area contributed by atoms with Gasteiger partial charge >= 0.3 is 6.09 Å². The maximum absolute atomic E-state index is 11.8. The largest absolute Gasteiger partial charge is 0.442 e. The van der Waals surface area contributed by atoms with E-state index in [2.05, 4.69) is 11.8 Å². The maximum Gasteiger partial charge on any atom is 0.414 e. The predicted octanol–water partition coefficient (Wildman–Crippen LogP) is 1.49. The predicted molar refractivity (Wildman–Crippen MR) is 75.1 cm³/mol. The molecule has 1 heterocycles. The molecule has 5 nitrogen and oxygen atoms in total. The third kappa shape index (κ3) is 3.09. The minimum absolute atomic E-state index is 0.276. The number of cyclic esters (lactones) is 1. The lowest BCUT2D eigenvalue weighted by molar-refractivity contribution is -0.124. The Kier molecular flexibility index (Phi) is 4.26. The van der Waals surface area contributed by atoms with E-state index in [1.165, 1.54) is 4.90 Å². The van der Waals surface area contributed by atoms with Crippen molar-refractivity contribution < 1.29 is 14.3 Å². The van der Waals surface area contributed by atoms with Crippen LogP contribution < -0.4 is 4.90 Å². The summed E-state index contributed by atoms with van der Waals surface area (Å²) in [6.07, 6.45) is -0.723. The Morgan fingerprint density at radius 3 is 2.80 bits per heavy atom. The van der Waals surface area contributed by atoms with E-state index >= 15 is 0 Å². The van der Waals surface area contributed by atoms with Crippen molar-refractivity contribution in [2.45, 2.75) is 13.0 Å². The average molecular weight is 272 g/mol. The Morgan fingerprint density at radius 1 is 1.45 bits per heavy atom. The molecule has 5 heteroatoms. The Morgan fingerprint density at radius 2 is 2.15 bits per heavy atom. The van der Waals surface area contributed by atoms with Crippen LogP contribution >= 0.6 is 0 Å². The number of nitrogens with zero attached hydrogens (tertiary/aromatic N) is 2. The van der Waals surface area contributed by atoms with Crippen molar-refractivity contribution in [1.82, 2.24) is 4.90 Å². The lowest BCUT2D eigenvalue weighted by Crippen LogP contribution is -2.35. The van der Waals surface area contributed by atoms with Crippen LogP contribution in [0.3, 0.4) is 0 Å². The molecule has 1 aromatic rings. The van der Waals surface area contributed by atoms with Crippen molar-refractivity contribution in [3.05, 3.63) is 30.3 Å². The van der Waals surface area contributed by atoms with Crippen molar-refractivity contribution in [3.8, 4) is 11.8 Å². The highest BCUT2D eigenvalue weighted by Crippen LogP contribution is 2.21. The summed E-state index contributed by atoms with van der Waals surface area (Å²) >= 11 is 0. The van der Waals surface area contributed by atoms with Gasteiger partial charge < -0.3 is 9.64 Å². The number of carbonyl (C=O) groups excluding carboxylic acids is 2. The second kappa shape index (κ2) is 6.11. The summed E-state index contributed by atoms with van der Waals surface area (Å²) in [7, 11) is 1.64. The number of hydrogen-bond donors (Lipinski definition) is 0. The highest BCUT2D eigenvalue weighted by atomic mass is 16.6. The molecule has 20 heavy (non-hydrogen) atoms. The van der Waals surface area contributed by atoms with Crippen molar-refractivity contribution in [2.24, 2.45) is 0 Å². The van der Waals surface area contributed by atoms with Crippen molar-refractivity contribution in [3.63, 3.8) is 0 Å². The molecule has 0 radical (unpaired) electrons. The van der Waals surface area contributed by atoms with E-state index < -0.39 is 0 Å². The summed E-state index contributed by atoms with van der Waals surface area (Å²) < 4.78 is 5.27. The van der Waals surface area contributed by atoms with Crippen LogP contribution in [0.4, 0.5) is 10.5 Å². The van der Waals surface area contributed by atoms with Gasteiger partial charge in [0.25, 0.3) is 5.91 Å². The molecule has 2 amide bonds. The van der Waals surface area contributed by atoms with Crippen molar-refractivity contribution in [2.75, 3.05) is 25.0 Å². The van der Waals surface area contributed by atoms with Crippen LogP contribution in [0.2, 0.25) is 0 Å². The SMILES string of the molecule is CC#CC(=O)N(C)CC1CN(c2ccccc2)C(=O)O1. The minimum Gasteiger partial charge on any atom is -0.442 e. The molecule has 1 aromatic carbocycles. The van der Waals surface area contributed by atoms with E-state index in [0.717, 1.165) is 5.69 Å². The molecule has 0 spiro atoms. The molecule has 0 aliphatic carbocycles.